The first kappa shape index (κ1) is 72.3. The number of amides is 2. The first-order valence-corrected chi connectivity index (χ1v) is 41.0. The van der Waals surface area contributed by atoms with Crippen LogP contribution in [-0.4, -0.2) is 40.0 Å². The number of nitrogens with zero attached hydrogens (tertiary/aromatic N) is 2. The van der Waals surface area contributed by atoms with Crippen molar-refractivity contribution in [3.05, 3.63) is 134 Å². The summed E-state index contributed by atoms with van der Waals surface area (Å²) in [6.07, 6.45) is 58.8. The fourth-order valence-corrected chi connectivity index (χ4v) is 19.5. The van der Waals surface area contributed by atoms with Crippen molar-refractivity contribution in [3.63, 3.8) is 0 Å². The molecule has 0 bridgehead atoms. The third-order valence-corrected chi connectivity index (χ3v) is 25.3. The molecule has 0 saturated heterocycles. The Kier molecular flexibility index (Phi) is 33.7. The van der Waals surface area contributed by atoms with E-state index in [2.05, 4.69) is 135 Å². The van der Waals surface area contributed by atoms with Crippen LogP contribution in [0.3, 0.4) is 0 Å². The van der Waals surface area contributed by atoms with E-state index in [1.165, 1.54) is 267 Å². The van der Waals surface area contributed by atoms with E-state index in [-0.39, 0.29) is 17.1 Å². The van der Waals surface area contributed by atoms with Crippen molar-refractivity contribution in [2.24, 2.45) is 11.8 Å². The topological polar surface area (TPSA) is 40.6 Å². The smallest absolute Gasteiger partial charge is 0.261 e. The maximum atomic E-state index is 16.4. The van der Waals surface area contributed by atoms with Crippen LogP contribution in [0.15, 0.2) is 124 Å². The highest BCUT2D eigenvalue weighted by atomic mass is 32.2. The van der Waals surface area contributed by atoms with E-state index in [1.54, 1.807) is 11.3 Å². The largest absolute Gasteiger partial charge is 0.310 e. The number of unbranched alkanes of at least 4 members (excludes halogenated alkanes) is 32. The van der Waals surface area contributed by atoms with Crippen molar-refractivity contribution in [1.29, 1.82) is 0 Å². The van der Waals surface area contributed by atoms with Gasteiger partial charge < -0.3 is 9.80 Å². The van der Waals surface area contributed by atoms with Crippen molar-refractivity contribution in [2.45, 2.75) is 308 Å². The van der Waals surface area contributed by atoms with E-state index in [4.69, 9.17) is 0 Å². The maximum absolute atomic E-state index is 16.4. The monoisotopic (exact) mass is 1290 g/mol. The second kappa shape index (κ2) is 42.0. The molecule has 2 aromatic heterocycles. The highest BCUT2D eigenvalue weighted by Gasteiger charge is 2.52. The highest BCUT2D eigenvalue weighted by molar-refractivity contribution is 8.09. The molecular formula is C82H120N2O2S4. The Morgan fingerprint density at radius 3 is 1.16 bits per heavy atom. The number of hydrogen-bond acceptors (Lipinski definition) is 6. The highest BCUT2D eigenvalue weighted by Crippen LogP contribution is 2.56. The Morgan fingerprint density at radius 1 is 0.367 bits per heavy atom. The molecule has 494 valence electrons. The summed E-state index contributed by atoms with van der Waals surface area (Å²) in [5.41, 5.74) is 6.01. The molecule has 8 heteroatoms. The van der Waals surface area contributed by atoms with Gasteiger partial charge in [0.2, 0.25) is 0 Å². The van der Waals surface area contributed by atoms with Crippen molar-refractivity contribution in [3.8, 4) is 20.2 Å². The lowest BCUT2D eigenvalue weighted by Crippen LogP contribution is -2.37. The van der Waals surface area contributed by atoms with Gasteiger partial charge in [-0.1, -0.05) is 332 Å². The number of hydrogen-bond donors (Lipinski definition) is 0. The normalized spacial score (nSPS) is 17.4. The third kappa shape index (κ3) is 22.8. The minimum absolute atomic E-state index is 0.00108. The summed E-state index contributed by atoms with van der Waals surface area (Å²) < 4.78 is 0. The zero-order valence-electron chi connectivity index (χ0n) is 57.0. The van der Waals surface area contributed by atoms with Crippen molar-refractivity contribution < 1.29 is 9.59 Å². The molecule has 0 aliphatic carbocycles. The molecule has 8 rings (SSSR count). The molecule has 4 aliphatic heterocycles. The summed E-state index contributed by atoms with van der Waals surface area (Å²) in [6, 6.07) is 30.9. The van der Waals surface area contributed by atoms with E-state index in [0.717, 1.165) is 60.4 Å². The molecule has 0 fully saturated rings. The van der Waals surface area contributed by atoms with Gasteiger partial charge in [-0.05, 0) is 85.8 Å². The van der Waals surface area contributed by atoms with Crippen molar-refractivity contribution in [1.82, 2.24) is 9.80 Å². The molecule has 4 aliphatic rings. The standard InChI is InChI=1S/C82H120N2O2S4/c1-5-9-13-17-21-25-27-31-35-41-49-65(47-39-33-29-23-19-15-11-7-3)63-83-79(75-61-59-73(89-75)71-57-55-69(87-71)67-51-43-37-44-52-67)77-78(81(83)85)80(76-62-60-74(90-76)72-58-56-70(88-72)68-53-45-38-46-54-68)84(82(77)86)64-66(48-40-34-30-24-20-16-12-8-4)50-42-36-32-28-26-22-18-14-10-6-2/h37-38,43-46,51-55,57-61,65-66,70,76H,5-36,39-42,47-50,56,62-64H2,1-4H3. The summed E-state index contributed by atoms with van der Waals surface area (Å²) in [5, 5.41) is 0.410. The van der Waals surface area contributed by atoms with Gasteiger partial charge in [-0.15, -0.1) is 46.2 Å². The summed E-state index contributed by atoms with van der Waals surface area (Å²) in [5.74, 6) is 0.964. The maximum Gasteiger partial charge on any atom is 0.261 e. The third-order valence-electron chi connectivity index (χ3n) is 20.0. The second-order valence-electron chi connectivity index (χ2n) is 27.4. The van der Waals surface area contributed by atoms with Crippen LogP contribution >= 0.6 is 46.2 Å². The van der Waals surface area contributed by atoms with E-state index in [9.17, 15) is 0 Å². The Balaban J connectivity index is 1.11. The summed E-state index contributed by atoms with van der Waals surface area (Å²) >= 11 is 7.58. The average Bonchev–Trinajstić information content (AvgIpc) is 1.57. The van der Waals surface area contributed by atoms with Crippen LogP contribution in [0.4, 0.5) is 0 Å². The summed E-state index contributed by atoms with van der Waals surface area (Å²) in [6.45, 7) is 10.6. The van der Waals surface area contributed by atoms with Crippen LogP contribution in [-0.2, 0) is 9.59 Å². The number of carbonyl (C=O) groups is 2. The van der Waals surface area contributed by atoms with Crippen LogP contribution in [0.5, 0.6) is 0 Å². The van der Waals surface area contributed by atoms with Crippen LogP contribution in [0.1, 0.15) is 313 Å². The van der Waals surface area contributed by atoms with Gasteiger partial charge in [0.25, 0.3) is 11.8 Å². The molecule has 90 heavy (non-hydrogen) atoms. The molecule has 0 saturated carbocycles. The number of thioether (sulfide) groups is 2. The Labute approximate surface area is 566 Å². The van der Waals surface area contributed by atoms with Crippen LogP contribution in [0.25, 0.3) is 25.9 Å². The lowest BCUT2D eigenvalue weighted by atomic mass is 9.93. The number of rotatable bonds is 50. The number of benzene rings is 2. The Hall–Kier alpha value is -3.56. The van der Waals surface area contributed by atoms with Gasteiger partial charge in [0.15, 0.2) is 0 Å². The second-order valence-corrected chi connectivity index (χ2v) is 32.1. The molecule has 4 aromatic rings. The first-order chi connectivity index (χ1) is 44.4. The predicted molar refractivity (Wildman–Crippen MR) is 398 cm³/mol. The first-order valence-electron chi connectivity index (χ1n) is 37.6. The Bertz CT molecular complexity index is 2800. The molecular weight excluding hydrogens is 1170 g/mol. The van der Waals surface area contributed by atoms with Gasteiger partial charge in [-0.3, -0.25) is 9.59 Å². The molecule has 0 spiro atoms. The lowest BCUT2D eigenvalue weighted by Gasteiger charge is -2.31. The Morgan fingerprint density at radius 2 is 0.711 bits per heavy atom. The molecule has 0 radical (unpaired) electrons. The predicted octanol–water partition coefficient (Wildman–Crippen LogP) is 26.9. The SMILES string of the molecule is CCCCCCCCCCCCC(CCCCCCCCCC)CN1C(=O)C2=C(C3CC=C(C4=CCC(c5ccccc5)S4)S3)N(CC(CCCCCCCCCC)CCCCCCCCCCCC)C(=O)C2=C1c1ccc(-c2ccc(-c3ccccc3)s2)s1. The van der Waals surface area contributed by atoms with Gasteiger partial charge in [0.05, 0.1) is 27.0 Å². The van der Waals surface area contributed by atoms with Gasteiger partial charge in [-0.2, -0.15) is 0 Å². The quantitative estimate of drug-likeness (QED) is 0.0413. The van der Waals surface area contributed by atoms with E-state index >= 15 is 9.59 Å². The number of allylic oxidation sites excluding steroid dienone is 2. The minimum Gasteiger partial charge on any atom is -0.310 e. The minimum atomic E-state index is 0.00108. The van der Waals surface area contributed by atoms with E-state index < -0.39 is 0 Å². The molecule has 4 nitrogen and oxygen atoms in total. The van der Waals surface area contributed by atoms with Gasteiger partial charge in [0, 0.05) is 48.5 Å². The van der Waals surface area contributed by atoms with E-state index in [0.29, 0.717) is 35.7 Å². The fraction of sp³-hybridized carbons (Fsp3) is 0.634. The molecule has 4 atom stereocenters. The van der Waals surface area contributed by atoms with Gasteiger partial charge >= 0.3 is 0 Å². The summed E-state index contributed by atoms with van der Waals surface area (Å²) in [7, 11) is 0. The molecule has 2 amide bonds. The fourth-order valence-electron chi connectivity index (χ4n) is 14.6. The van der Waals surface area contributed by atoms with Gasteiger partial charge in [0.1, 0.15) is 0 Å². The van der Waals surface area contributed by atoms with Crippen LogP contribution in [0.2, 0.25) is 0 Å². The molecule has 0 N–H and O–H groups in total. The van der Waals surface area contributed by atoms with Crippen molar-refractivity contribution in [2.75, 3.05) is 13.1 Å². The summed E-state index contributed by atoms with van der Waals surface area (Å²) in [4.78, 5) is 44.7. The zero-order valence-corrected chi connectivity index (χ0v) is 60.3. The van der Waals surface area contributed by atoms with Gasteiger partial charge in [-0.25, -0.2) is 0 Å². The number of fused-ring (bicyclic) bond motifs is 1. The molecule has 2 aromatic carbocycles. The molecule has 4 unspecified atom stereocenters. The lowest BCUT2D eigenvalue weighted by molar-refractivity contribution is -0.125. The number of thiophene rings is 2. The van der Waals surface area contributed by atoms with Crippen LogP contribution < -0.4 is 0 Å². The average molecular weight is 1290 g/mol. The van der Waals surface area contributed by atoms with Crippen LogP contribution in [0, 0.1) is 11.8 Å². The molecule has 6 heterocycles. The number of carbonyl (C=O) groups excluding carboxylic acids is 2. The van der Waals surface area contributed by atoms with E-state index in [1.807, 2.05) is 34.9 Å². The zero-order chi connectivity index (χ0) is 62.8. The van der Waals surface area contributed by atoms with Crippen molar-refractivity contribution >= 4 is 63.7 Å².